The first-order valence-electron chi connectivity index (χ1n) is 4.17. The third-order valence-corrected chi connectivity index (χ3v) is 7.88. The van der Waals surface area contributed by atoms with Crippen LogP contribution in [0, 0.1) is 3.20 Å². The molecule has 0 spiro atoms. The molecule has 2 nitrogen and oxygen atoms in total. The van der Waals surface area contributed by atoms with Crippen LogP contribution >= 0.6 is 12.8 Å². The van der Waals surface area contributed by atoms with Crippen molar-refractivity contribution in [2.75, 3.05) is 0 Å². The molecule has 0 amide bonds. The number of halogens is 1. The molecule has 2 aromatic carbocycles. The van der Waals surface area contributed by atoms with Crippen LogP contribution in [0.25, 0.3) is 10.8 Å². The molecular formula is C10H6BrNOTe. The summed E-state index contributed by atoms with van der Waals surface area (Å²) in [6.45, 7) is 0. The van der Waals surface area contributed by atoms with Crippen LogP contribution in [0.3, 0.4) is 0 Å². The van der Waals surface area contributed by atoms with Gasteiger partial charge in [-0.05, 0) is 0 Å². The van der Waals surface area contributed by atoms with E-state index in [1.54, 1.807) is 0 Å². The second-order valence-corrected chi connectivity index (χ2v) is 9.92. The molecule has 0 saturated heterocycles. The quantitative estimate of drug-likeness (QED) is 0.657. The molecule has 0 N–H and O–H groups in total. The van der Waals surface area contributed by atoms with Crippen molar-refractivity contribution < 1.29 is 3.20 Å². The summed E-state index contributed by atoms with van der Waals surface area (Å²) in [4.78, 5) is 0. The van der Waals surface area contributed by atoms with Crippen molar-refractivity contribution in [2.45, 2.75) is 0 Å². The van der Waals surface area contributed by atoms with Crippen molar-refractivity contribution in [3.63, 3.8) is 0 Å². The molecule has 2 aromatic rings. The average Bonchev–Trinajstić information content (AvgIpc) is 2.61. The Balaban J connectivity index is 2.65. The van der Waals surface area contributed by atoms with E-state index >= 15 is 0 Å². The van der Waals surface area contributed by atoms with Crippen LogP contribution in [0.5, 0.6) is 0 Å². The molecule has 0 aromatic heterocycles. The summed E-state index contributed by atoms with van der Waals surface area (Å²) in [7, 11) is 0. The number of nitrogens with zero attached hydrogens (tertiary/aromatic N) is 1. The van der Waals surface area contributed by atoms with Crippen LogP contribution < -0.4 is 5.36 Å². The van der Waals surface area contributed by atoms with E-state index in [1.165, 1.54) is 14.0 Å². The summed E-state index contributed by atoms with van der Waals surface area (Å²) >= 11 is 1.87. The summed E-state index contributed by atoms with van der Waals surface area (Å²) < 4.78 is 6.61. The summed E-state index contributed by atoms with van der Waals surface area (Å²) in [6, 6.07) is 12.5. The van der Waals surface area contributed by atoms with Crippen molar-refractivity contribution in [3.05, 3.63) is 45.0 Å². The zero-order valence-electron chi connectivity index (χ0n) is 7.11. The van der Waals surface area contributed by atoms with E-state index in [1.807, 2.05) is 12.1 Å². The summed E-state index contributed by atoms with van der Waals surface area (Å²) in [6.07, 6.45) is 0. The summed E-state index contributed by atoms with van der Waals surface area (Å²) in [5.74, 6) is 0. The van der Waals surface area contributed by atoms with Crippen molar-refractivity contribution in [3.8, 4) is 0 Å². The average molecular weight is 364 g/mol. The zero-order chi connectivity index (χ0) is 9.54. The number of benzene rings is 2. The second kappa shape index (κ2) is 3.30. The maximum atomic E-state index is 5.34. The van der Waals surface area contributed by atoms with Gasteiger partial charge in [-0.15, -0.1) is 0 Å². The SMILES string of the molecule is Br[Te]1=c2ccc3ccccc3c2=NO1. The summed E-state index contributed by atoms with van der Waals surface area (Å²) in [5.41, 5.74) is 0. The first kappa shape index (κ1) is 8.84. The van der Waals surface area contributed by atoms with E-state index in [0.717, 1.165) is 5.36 Å². The molecule has 3 rings (SSSR count). The molecule has 0 fully saturated rings. The van der Waals surface area contributed by atoms with Crippen molar-refractivity contribution in [1.29, 1.82) is 0 Å². The molecule has 0 radical (unpaired) electrons. The Hall–Kier alpha value is -0.430. The van der Waals surface area contributed by atoms with Gasteiger partial charge in [0.1, 0.15) is 0 Å². The Bertz CT molecular complexity index is 638. The maximum absolute atomic E-state index is 5.34. The third-order valence-electron chi connectivity index (χ3n) is 2.23. The van der Waals surface area contributed by atoms with Crippen molar-refractivity contribution in [1.82, 2.24) is 0 Å². The number of hydrogen-bond donors (Lipinski definition) is 0. The van der Waals surface area contributed by atoms with Gasteiger partial charge in [0.2, 0.25) is 0 Å². The van der Waals surface area contributed by atoms with E-state index < -0.39 is 17.3 Å². The van der Waals surface area contributed by atoms with Crippen molar-refractivity contribution >= 4 is 40.8 Å². The van der Waals surface area contributed by atoms with Gasteiger partial charge in [0.05, 0.1) is 0 Å². The standard InChI is InChI=1S/C10H6BrNOTe/c11-14-9-6-5-7-3-1-2-4-8(7)10(9)12-13-14/h1-6H. The fourth-order valence-electron chi connectivity index (χ4n) is 1.57. The van der Waals surface area contributed by atoms with Crippen LogP contribution in [0.1, 0.15) is 0 Å². The van der Waals surface area contributed by atoms with Crippen LogP contribution in [0.4, 0.5) is 0 Å². The van der Waals surface area contributed by atoms with Crippen LogP contribution in [-0.4, -0.2) is 17.3 Å². The monoisotopic (exact) mass is 365 g/mol. The van der Waals surface area contributed by atoms with Crippen LogP contribution in [0.2, 0.25) is 0 Å². The third kappa shape index (κ3) is 1.22. The number of rotatable bonds is 0. The minimum atomic E-state index is -1.70. The van der Waals surface area contributed by atoms with E-state index in [9.17, 15) is 0 Å². The van der Waals surface area contributed by atoms with Crippen LogP contribution in [0.15, 0.2) is 41.6 Å². The van der Waals surface area contributed by atoms with Gasteiger partial charge in [-0.2, -0.15) is 0 Å². The predicted octanol–water partition coefficient (Wildman–Crippen LogP) is 2.12. The minimum absolute atomic E-state index is 1.02. The first-order chi connectivity index (χ1) is 6.86. The van der Waals surface area contributed by atoms with Gasteiger partial charge in [-0.25, -0.2) is 0 Å². The van der Waals surface area contributed by atoms with E-state index in [0.29, 0.717) is 0 Å². The van der Waals surface area contributed by atoms with Crippen LogP contribution in [-0.2, 0) is 3.20 Å². The van der Waals surface area contributed by atoms with Gasteiger partial charge >= 0.3 is 94.1 Å². The molecule has 1 heterocycles. The first-order valence-corrected chi connectivity index (χ1v) is 11.5. The Morgan fingerprint density at radius 1 is 1.14 bits per heavy atom. The fourth-order valence-corrected chi connectivity index (χ4v) is 5.70. The molecule has 0 atom stereocenters. The second-order valence-electron chi connectivity index (χ2n) is 3.02. The molecule has 0 bridgehead atoms. The Morgan fingerprint density at radius 3 is 2.93 bits per heavy atom. The molecular weight excluding hydrogens is 358 g/mol. The molecule has 0 unspecified atom stereocenters. The normalized spacial score (nSPS) is 14.9. The molecule has 1 aliphatic rings. The Labute approximate surface area is 93.6 Å². The van der Waals surface area contributed by atoms with E-state index in [2.05, 4.69) is 42.2 Å². The molecule has 0 saturated carbocycles. The van der Waals surface area contributed by atoms with Gasteiger partial charge in [-0.3, -0.25) is 0 Å². The molecule has 4 heteroatoms. The number of fused-ring (bicyclic) bond motifs is 3. The van der Waals surface area contributed by atoms with Crippen molar-refractivity contribution in [2.24, 2.45) is 5.16 Å². The van der Waals surface area contributed by atoms with Gasteiger partial charge in [-0.1, -0.05) is 0 Å². The van der Waals surface area contributed by atoms with E-state index in [-0.39, 0.29) is 0 Å². The molecule has 14 heavy (non-hydrogen) atoms. The van der Waals surface area contributed by atoms with Gasteiger partial charge in [0.15, 0.2) is 0 Å². The van der Waals surface area contributed by atoms with Gasteiger partial charge in [0, 0.05) is 0 Å². The fraction of sp³-hybridized carbons (Fsp3) is 0. The molecule has 0 aliphatic carbocycles. The summed E-state index contributed by atoms with van der Waals surface area (Å²) in [5, 5.41) is 7.57. The predicted molar refractivity (Wildman–Crippen MR) is 59.7 cm³/mol. The Kier molecular flexibility index (Phi) is 2.09. The van der Waals surface area contributed by atoms with Gasteiger partial charge < -0.3 is 0 Å². The van der Waals surface area contributed by atoms with Gasteiger partial charge in [0.25, 0.3) is 0 Å². The topological polar surface area (TPSA) is 21.6 Å². The van der Waals surface area contributed by atoms with E-state index in [4.69, 9.17) is 3.20 Å². The Morgan fingerprint density at radius 2 is 2.00 bits per heavy atom. The zero-order valence-corrected chi connectivity index (χ0v) is 11.0. The molecule has 1 aliphatic heterocycles. The number of hydrogen-bond acceptors (Lipinski definition) is 2. The molecule has 70 valence electrons.